The molecule has 28 heavy (non-hydrogen) atoms. The molecule has 1 N–H and O–H groups in total. The molecule has 2 atom stereocenters. The van der Waals surface area contributed by atoms with Crippen molar-refractivity contribution in [3.63, 3.8) is 0 Å². The lowest BCUT2D eigenvalue weighted by molar-refractivity contribution is 0.0526. The summed E-state index contributed by atoms with van der Waals surface area (Å²) in [6, 6.07) is 7.84. The molecule has 0 aliphatic carbocycles. The zero-order valence-corrected chi connectivity index (χ0v) is 17.9. The van der Waals surface area contributed by atoms with Crippen molar-refractivity contribution in [2.45, 2.75) is 25.3 Å². The largest absolute Gasteiger partial charge is 0.462 e. The third-order valence-electron chi connectivity index (χ3n) is 4.96. The number of anilines is 1. The summed E-state index contributed by atoms with van der Waals surface area (Å²) in [5, 5.41) is 7.55. The van der Waals surface area contributed by atoms with Crippen LogP contribution in [0.3, 0.4) is 0 Å². The summed E-state index contributed by atoms with van der Waals surface area (Å²) in [5.74, 6) is 0.0307. The van der Waals surface area contributed by atoms with Crippen molar-refractivity contribution >= 4 is 27.6 Å². The fourth-order valence-electron chi connectivity index (χ4n) is 3.60. The summed E-state index contributed by atoms with van der Waals surface area (Å²) in [4.78, 5) is 26.2. The number of piperidine rings is 1. The SMILES string of the molecule is CCOC(=O)c1ccc(C2CC(Nc3cnn(C)c(=O)c3Br)CN(C)C2)cc1. The lowest BCUT2D eigenvalue weighted by atomic mass is 9.88. The molecule has 8 heteroatoms. The highest BCUT2D eigenvalue weighted by Crippen LogP contribution is 2.29. The molecule has 1 aromatic carbocycles. The van der Waals surface area contributed by atoms with Crippen LogP contribution in [0.4, 0.5) is 5.69 Å². The number of hydrogen-bond donors (Lipinski definition) is 1. The number of likely N-dealkylation sites (tertiary alicyclic amines) is 1. The number of likely N-dealkylation sites (N-methyl/N-ethyl adjacent to an activating group) is 1. The molecule has 0 spiro atoms. The third-order valence-corrected chi connectivity index (χ3v) is 5.73. The van der Waals surface area contributed by atoms with Crippen molar-refractivity contribution in [3.8, 4) is 0 Å². The van der Waals surface area contributed by atoms with E-state index in [-0.39, 0.29) is 17.6 Å². The van der Waals surface area contributed by atoms with E-state index < -0.39 is 0 Å². The Bertz CT molecular complexity index is 897. The molecule has 1 saturated heterocycles. The van der Waals surface area contributed by atoms with E-state index in [1.165, 1.54) is 10.2 Å². The predicted molar refractivity (Wildman–Crippen MR) is 112 cm³/mol. The number of nitrogens with one attached hydrogen (secondary N) is 1. The van der Waals surface area contributed by atoms with E-state index in [4.69, 9.17) is 4.74 Å². The maximum atomic E-state index is 12.1. The van der Waals surface area contributed by atoms with Gasteiger partial charge < -0.3 is 15.0 Å². The lowest BCUT2D eigenvalue weighted by Gasteiger charge is -2.36. The second-order valence-electron chi connectivity index (χ2n) is 7.14. The Hall–Kier alpha value is -2.19. The number of benzene rings is 1. The Morgan fingerprint density at radius 1 is 1.29 bits per heavy atom. The fourth-order valence-corrected chi connectivity index (χ4v) is 4.08. The van der Waals surface area contributed by atoms with E-state index >= 15 is 0 Å². The number of ether oxygens (including phenoxy) is 1. The van der Waals surface area contributed by atoms with Gasteiger partial charge in [0.25, 0.3) is 5.56 Å². The Kier molecular flexibility index (Phi) is 6.51. The standard InChI is InChI=1S/C20H25BrN4O3/c1-4-28-20(27)14-7-5-13(6-8-14)15-9-16(12-24(2)11-15)23-17-10-22-25(3)19(26)18(17)21/h5-8,10,15-16,23H,4,9,11-12H2,1-3H3. The van der Waals surface area contributed by atoms with Gasteiger partial charge in [-0.1, -0.05) is 12.1 Å². The van der Waals surface area contributed by atoms with Crippen molar-refractivity contribution in [3.05, 3.63) is 56.4 Å². The second kappa shape index (κ2) is 8.87. The number of nitrogens with zero attached hydrogens (tertiary/aromatic N) is 3. The Balaban J connectivity index is 1.73. The summed E-state index contributed by atoms with van der Waals surface area (Å²) in [6.07, 6.45) is 2.59. The van der Waals surface area contributed by atoms with Crippen molar-refractivity contribution in [1.82, 2.24) is 14.7 Å². The summed E-state index contributed by atoms with van der Waals surface area (Å²) in [5.41, 5.74) is 2.30. The fraction of sp³-hybridized carbons (Fsp3) is 0.450. The van der Waals surface area contributed by atoms with Gasteiger partial charge in [-0.05, 0) is 59.9 Å². The van der Waals surface area contributed by atoms with E-state index in [0.29, 0.717) is 28.2 Å². The minimum atomic E-state index is -0.294. The summed E-state index contributed by atoms with van der Waals surface area (Å²) < 4.78 is 6.84. The van der Waals surface area contributed by atoms with Crippen LogP contribution in [-0.4, -0.2) is 53.4 Å². The molecule has 7 nitrogen and oxygen atoms in total. The van der Waals surface area contributed by atoms with Crippen molar-refractivity contribution in [1.29, 1.82) is 0 Å². The second-order valence-corrected chi connectivity index (χ2v) is 7.93. The first-order valence-electron chi connectivity index (χ1n) is 9.33. The lowest BCUT2D eigenvalue weighted by Crippen LogP contribution is -2.43. The molecular formula is C20H25BrN4O3. The number of carbonyl (C=O) groups is 1. The number of esters is 1. The first-order valence-corrected chi connectivity index (χ1v) is 10.1. The zero-order valence-electron chi connectivity index (χ0n) is 16.3. The molecule has 0 bridgehead atoms. The molecule has 2 unspecified atom stereocenters. The maximum Gasteiger partial charge on any atom is 0.338 e. The van der Waals surface area contributed by atoms with Crippen LogP contribution >= 0.6 is 15.9 Å². The van der Waals surface area contributed by atoms with Gasteiger partial charge in [0.15, 0.2) is 0 Å². The normalized spacial score (nSPS) is 20.0. The quantitative estimate of drug-likeness (QED) is 0.708. The highest BCUT2D eigenvalue weighted by Gasteiger charge is 2.27. The van der Waals surface area contributed by atoms with E-state index in [1.54, 1.807) is 20.2 Å². The molecule has 2 heterocycles. The van der Waals surface area contributed by atoms with Gasteiger partial charge >= 0.3 is 5.97 Å². The first-order chi connectivity index (χ1) is 13.4. The van der Waals surface area contributed by atoms with Crippen LogP contribution in [0.1, 0.15) is 35.2 Å². The van der Waals surface area contributed by atoms with Crippen LogP contribution in [0.2, 0.25) is 0 Å². The zero-order chi connectivity index (χ0) is 20.3. The van der Waals surface area contributed by atoms with E-state index in [9.17, 15) is 9.59 Å². The number of aryl methyl sites for hydroxylation is 1. The van der Waals surface area contributed by atoms with Gasteiger partial charge in [-0.2, -0.15) is 5.10 Å². The Morgan fingerprint density at radius 3 is 2.68 bits per heavy atom. The van der Waals surface area contributed by atoms with Gasteiger partial charge in [-0.15, -0.1) is 0 Å². The number of hydrogen-bond acceptors (Lipinski definition) is 6. The summed E-state index contributed by atoms with van der Waals surface area (Å²) in [6.45, 7) is 3.98. The predicted octanol–water partition coefficient (Wildman–Crippen LogP) is 2.62. The molecule has 1 aliphatic heterocycles. The van der Waals surface area contributed by atoms with Crippen molar-refractivity contribution in [2.75, 3.05) is 32.1 Å². The average Bonchev–Trinajstić information content (AvgIpc) is 2.68. The smallest absolute Gasteiger partial charge is 0.338 e. The van der Waals surface area contributed by atoms with Crippen LogP contribution in [0, 0.1) is 0 Å². The number of rotatable bonds is 5. The highest BCUT2D eigenvalue weighted by atomic mass is 79.9. The van der Waals surface area contributed by atoms with E-state index in [0.717, 1.165) is 19.5 Å². The molecule has 2 aromatic rings. The van der Waals surface area contributed by atoms with Crippen LogP contribution in [0.5, 0.6) is 0 Å². The molecule has 1 aliphatic rings. The van der Waals surface area contributed by atoms with Gasteiger partial charge in [-0.3, -0.25) is 4.79 Å². The number of carbonyl (C=O) groups excluding carboxylic acids is 1. The summed E-state index contributed by atoms with van der Waals surface area (Å²) in [7, 11) is 3.71. The average molecular weight is 449 g/mol. The molecule has 0 saturated carbocycles. The molecule has 1 fully saturated rings. The third kappa shape index (κ3) is 4.62. The number of halogens is 1. The maximum absolute atomic E-state index is 12.1. The van der Waals surface area contributed by atoms with Crippen molar-refractivity contribution < 1.29 is 9.53 Å². The first kappa shape index (κ1) is 20.5. The van der Waals surface area contributed by atoms with E-state index in [2.05, 4.69) is 38.3 Å². The molecule has 150 valence electrons. The number of aromatic nitrogens is 2. The monoisotopic (exact) mass is 448 g/mol. The molecule has 1 aromatic heterocycles. The topological polar surface area (TPSA) is 76.5 Å². The van der Waals surface area contributed by atoms with Gasteiger partial charge in [0.2, 0.25) is 0 Å². The summed E-state index contributed by atoms with van der Waals surface area (Å²) >= 11 is 3.37. The molecule has 0 amide bonds. The van der Waals surface area contributed by atoms with Gasteiger partial charge in [-0.25, -0.2) is 9.48 Å². The minimum absolute atomic E-state index is 0.166. The van der Waals surface area contributed by atoms with Crippen LogP contribution in [0.25, 0.3) is 0 Å². The van der Waals surface area contributed by atoms with Crippen molar-refractivity contribution in [2.24, 2.45) is 7.05 Å². The molecular weight excluding hydrogens is 424 g/mol. The Labute approximate surface area is 172 Å². The minimum Gasteiger partial charge on any atom is -0.462 e. The molecule has 3 rings (SSSR count). The Morgan fingerprint density at radius 2 is 2.00 bits per heavy atom. The van der Waals surface area contributed by atoms with Crippen LogP contribution in [0.15, 0.2) is 39.7 Å². The van der Waals surface area contributed by atoms with E-state index in [1.807, 2.05) is 24.3 Å². The van der Waals surface area contributed by atoms with Crippen LogP contribution in [-0.2, 0) is 11.8 Å². The van der Waals surface area contributed by atoms with Gasteiger partial charge in [0.1, 0.15) is 4.47 Å². The van der Waals surface area contributed by atoms with Gasteiger partial charge in [0, 0.05) is 26.2 Å². The van der Waals surface area contributed by atoms with Crippen LogP contribution < -0.4 is 10.9 Å². The highest BCUT2D eigenvalue weighted by molar-refractivity contribution is 9.10. The molecule has 0 radical (unpaired) electrons. The van der Waals surface area contributed by atoms with Gasteiger partial charge in [0.05, 0.1) is 24.1 Å².